The molecule has 1 unspecified atom stereocenters. The first-order valence-corrected chi connectivity index (χ1v) is 8.09. The normalized spacial score (nSPS) is 20.2. The molecule has 0 aliphatic carbocycles. The molecule has 1 amide bonds. The number of hydrogen-bond acceptors (Lipinski definition) is 3. The van der Waals surface area contributed by atoms with Gasteiger partial charge in [0.2, 0.25) is 5.91 Å². The lowest BCUT2D eigenvalue weighted by Crippen LogP contribution is -2.54. The van der Waals surface area contributed by atoms with Gasteiger partial charge in [0.15, 0.2) is 0 Å². The number of piperidine rings is 1. The summed E-state index contributed by atoms with van der Waals surface area (Å²) < 4.78 is 0. The first-order chi connectivity index (χ1) is 9.36. The fourth-order valence-corrected chi connectivity index (χ4v) is 3.11. The van der Waals surface area contributed by atoms with Gasteiger partial charge < -0.3 is 15.5 Å². The van der Waals surface area contributed by atoms with Crippen molar-refractivity contribution >= 4 is 5.91 Å². The van der Waals surface area contributed by atoms with Crippen molar-refractivity contribution in [3.05, 3.63) is 0 Å². The molecule has 1 aliphatic rings. The molecule has 1 aliphatic heterocycles. The van der Waals surface area contributed by atoms with E-state index in [0.29, 0.717) is 0 Å². The average molecular weight is 283 g/mol. The van der Waals surface area contributed by atoms with Gasteiger partial charge in [-0.3, -0.25) is 4.79 Å². The van der Waals surface area contributed by atoms with Crippen molar-refractivity contribution in [3.63, 3.8) is 0 Å². The Morgan fingerprint density at radius 2 is 1.95 bits per heavy atom. The van der Waals surface area contributed by atoms with E-state index in [1.54, 1.807) is 0 Å². The zero-order valence-electron chi connectivity index (χ0n) is 13.8. The van der Waals surface area contributed by atoms with Crippen LogP contribution in [-0.4, -0.2) is 55.0 Å². The summed E-state index contributed by atoms with van der Waals surface area (Å²) in [5.41, 5.74) is 5.48. The minimum absolute atomic E-state index is 0.145. The van der Waals surface area contributed by atoms with Crippen LogP contribution in [0.1, 0.15) is 52.4 Å². The van der Waals surface area contributed by atoms with Crippen molar-refractivity contribution in [2.75, 3.05) is 33.7 Å². The second kappa shape index (κ2) is 7.99. The summed E-state index contributed by atoms with van der Waals surface area (Å²) in [5.74, 6) is 0.931. The second-order valence-corrected chi connectivity index (χ2v) is 6.85. The van der Waals surface area contributed by atoms with Crippen molar-refractivity contribution in [2.24, 2.45) is 11.7 Å². The standard InChI is InChI=1S/C16H33N3O/c1-5-10-16(2,17)15(20)19-12-8-14(9-13-19)7-6-11-18(3)4/h14H,5-13,17H2,1-4H3. The number of amides is 1. The van der Waals surface area contributed by atoms with Gasteiger partial charge in [-0.1, -0.05) is 13.3 Å². The Morgan fingerprint density at radius 3 is 2.45 bits per heavy atom. The topological polar surface area (TPSA) is 49.6 Å². The molecule has 0 radical (unpaired) electrons. The Morgan fingerprint density at radius 1 is 1.35 bits per heavy atom. The summed E-state index contributed by atoms with van der Waals surface area (Å²) in [6.45, 7) is 6.90. The van der Waals surface area contributed by atoms with Crippen molar-refractivity contribution in [3.8, 4) is 0 Å². The molecular weight excluding hydrogens is 250 g/mol. The molecule has 0 aromatic heterocycles. The summed E-state index contributed by atoms with van der Waals surface area (Å²) in [4.78, 5) is 16.6. The molecule has 1 atom stereocenters. The van der Waals surface area contributed by atoms with Crippen LogP contribution in [0.5, 0.6) is 0 Å². The maximum absolute atomic E-state index is 12.4. The van der Waals surface area contributed by atoms with E-state index in [1.807, 2.05) is 11.8 Å². The molecule has 4 heteroatoms. The molecule has 20 heavy (non-hydrogen) atoms. The minimum Gasteiger partial charge on any atom is -0.341 e. The highest BCUT2D eigenvalue weighted by molar-refractivity contribution is 5.85. The van der Waals surface area contributed by atoms with E-state index < -0.39 is 5.54 Å². The number of hydrogen-bond donors (Lipinski definition) is 1. The molecule has 1 heterocycles. The smallest absolute Gasteiger partial charge is 0.242 e. The zero-order valence-corrected chi connectivity index (χ0v) is 13.8. The predicted molar refractivity (Wildman–Crippen MR) is 84.6 cm³/mol. The van der Waals surface area contributed by atoms with Gasteiger partial charge >= 0.3 is 0 Å². The third-order valence-corrected chi connectivity index (χ3v) is 4.38. The fourth-order valence-electron chi connectivity index (χ4n) is 3.11. The Bertz CT molecular complexity index is 294. The van der Waals surface area contributed by atoms with Gasteiger partial charge in [-0.2, -0.15) is 0 Å². The number of carbonyl (C=O) groups excluding carboxylic acids is 1. The molecule has 1 saturated heterocycles. The molecule has 0 aromatic rings. The quantitative estimate of drug-likeness (QED) is 0.778. The van der Waals surface area contributed by atoms with Crippen LogP contribution >= 0.6 is 0 Å². The van der Waals surface area contributed by atoms with E-state index in [4.69, 9.17) is 5.73 Å². The van der Waals surface area contributed by atoms with Crippen LogP contribution in [0.4, 0.5) is 0 Å². The van der Waals surface area contributed by atoms with Gasteiger partial charge in [0.1, 0.15) is 0 Å². The van der Waals surface area contributed by atoms with E-state index in [9.17, 15) is 4.79 Å². The molecule has 0 bridgehead atoms. The van der Waals surface area contributed by atoms with Gasteiger partial charge in [-0.25, -0.2) is 0 Å². The lowest BCUT2D eigenvalue weighted by Gasteiger charge is -2.37. The molecule has 2 N–H and O–H groups in total. The number of rotatable bonds is 7. The summed E-state index contributed by atoms with van der Waals surface area (Å²) in [5, 5.41) is 0. The molecule has 1 rings (SSSR count). The fraction of sp³-hybridized carbons (Fsp3) is 0.938. The second-order valence-electron chi connectivity index (χ2n) is 6.85. The Labute approximate surface area is 124 Å². The number of nitrogens with two attached hydrogens (primary N) is 1. The highest BCUT2D eigenvalue weighted by Gasteiger charge is 2.33. The van der Waals surface area contributed by atoms with Gasteiger partial charge in [0.25, 0.3) is 0 Å². The van der Waals surface area contributed by atoms with Crippen LogP contribution < -0.4 is 5.73 Å². The van der Waals surface area contributed by atoms with E-state index in [-0.39, 0.29) is 5.91 Å². The number of likely N-dealkylation sites (tertiary alicyclic amines) is 1. The molecule has 0 spiro atoms. The summed E-state index contributed by atoms with van der Waals surface area (Å²) in [6, 6.07) is 0. The Balaban J connectivity index is 2.33. The molecular formula is C16H33N3O. The highest BCUT2D eigenvalue weighted by atomic mass is 16.2. The first kappa shape index (κ1) is 17.4. The maximum Gasteiger partial charge on any atom is 0.242 e. The lowest BCUT2D eigenvalue weighted by molar-refractivity contribution is -0.138. The van der Waals surface area contributed by atoms with E-state index in [0.717, 1.165) is 51.2 Å². The maximum atomic E-state index is 12.4. The molecule has 4 nitrogen and oxygen atoms in total. The van der Waals surface area contributed by atoms with Crippen LogP contribution in [0.15, 0.2) is 0 Å². The zero-order chi connectivity index (χ0) is 15.2. The van der Waals surface area contributed by atoms with Crippen molar-refractivity contribution in [1.82, 2.24) is 9.80 Å². The number of carbonyl (C=O) groups is 1. The van der Waals surface area contributed by atoms with Gasteiger partial charge in [0.05, 0.1) is 5.54 Å². The minimum atomic E-state index is -0.674. The van der Waals surface area contributed by atoms with Crippen molar-refractivity contribution in [2.45, 2.75) is 57.9 Å². The third-order valence-electron chi connectivity index (χ3n) is 4.38. The first-order valence-electron chi connectivity index (χ1n) is 8.09. The van der Waals surface area contributed by atoms with E-state index in [2.05, 4.69) is 25.9 Å². The molecule has 0 saturated carbocycles. The van der Waals surface area contributed by atoms with Crippen LogP contribution in [0, 0.1) is 5.92 Å². The summed E-state index contributed by atoms with van der Waals surface area (Å²) in [6.07, 6.45) is 6.56. The monoisotopic (exact) mass is 283 g/mol. The van der Waals surface area contributed by atoms with Crippen LogP contribution in [0.25, 0.3) is 0 Å². The summed E-state index contributed by atoms with van der Waals surface area (Å²) in [7, 11) is 4.24. The molecule has 0 aromatic carbocycles. The predicted octanol–water partition coefficient (Wildman–Crippen LogP) is 2.08. The van der Waals surface area contributed by atoms with E-state index in [1.165, 1.54) is 12.8 Å². The summed E-state index contributed by atoms with van der Waals surface area (Å²) >= 11 is 0. The largest absolute Gasteiger partial charge is 0.341 e. The SMILES string of the molecule is CCCC(C)(N)C(=O)N1CCC(CCCN(C)C)CC1. The third kappa shape index (κ3) is 5.41. The van der Waals surface area contributed by atoms with Crippen LogP contribution in [0.2, 0.25) is 0 Å². The van der Waals surface area contributed by atoms with Crippen molar-refractivity contribution < 1.29 is 4.79 Å². The van der Waals surface area contributed by atoms with Gasteiger partial charge in [0, 0.05) is 13.1 Å². The van der Waals surface area contributed by atoms with Gasteiger partial charge in [-0.15, -0.1) is 0 Å². The lowest BCUT2D eigenvalue weighted by atomic mass is 9.89. The Hall–Kier alpha value is -0.610. The number of nitrogens with zero attached hydrogens (tertiary/aromatic N) is 2. The molecule has 118 valence electrons. The van der Waals surface area contributed by atoms with Crippen LogP contribution in [0.3, 0.4) is 0 Å². The molecule has 1 fully saturated rings. The van der Waals surface area contributed by atoms with Crippen LogP contribution in [-0.2, 0) is 4.79 Å². The van der Waals surface area contributed by atoms with E-state index >= 15 is 0 Å². The van der Waals surface area contributed by atoms with Crippen molar-refractivity contribution in [1.29, 1.82) is 0 Å². The average Bonchev–Trinajstić information content (AvgIpc) is 2.38. The van der Waals surface area contributed by atoms with Gasteiger partial charge in [-0.05, 0) is 65.6 Å². The Kier molecular flexibility index (Phi) is 6.96. The highest BCUT2D eigenvalue weighted by Crippen LogP contribution is 2.24.